The maximum atomic E-state index is 6.19. The molecule has 0 fully saturated rings. The lowest BCUT2D eigenvalue weighted by Gasteiger charge is -2.30. The number of pyridine rings is 4. The number of para-hydroxylation sites is 4. The van der Waals surface area contributed by atoms with Gasteiger partial charge in [-0.15, -0.1) is 0 Å². The van der Waals surface area contributed by atoms with Crippen molar-refractivity contribution in [2.45, 2.75) is 16.2 Å². The second-order valence-corrected chi connectivity index (χ2v) is 38.7. The van der Waals surface area contributed by atoms with Gasteiger partial charge in [-0.25, -0.2) is 0 Å². The first-order valence-corrected chi connectivity index (χ1v) is 49.5. The van der Waals surface area contributed by atoms with Crippen molar-refractivity contribution in [1.82, 2.24) is 24.5 Å². The molecule has 7 aromatic heterocycles. The van der Waals surface area contributed by atoms with E-state index in [0.717, 1.165) is 88.9 Å². The molecule has 6 aliphatic rings. The number of furan rings is 2. The molecule has 6 aliphatic carbocycles. The quantitative estimate of drug-likeness (QED) is 0.151. The molecule has 0 aliphatic heterocycles. The predicted octanol–water partition coefficient (Wildman–Crippen LogP) is 34.2. The van der Waals surface area contributed by atoms with Gasteiger partial charge in [0.25, 0.3) is 0 Å². The molecule has 7 heteroatoms. The molecular formula is C137H83N5O2. The molecule has 0 saturated heterocycles. The Morgan fingerprint density at radius 3 is 0.778 bits per heavy atom. The molecule has 7 nitrogen and oxygen atoms in total. The van der Waals surface area contributed by atoms with E-state index in [2.05, 4.69) is 443 Å². The zero-order valence-corrected chi connectivity index (χ0v) is 78.0. The van der Waals surface area contributed by atoms with Crippen LogP contribution in [0.25, 0.3) is 217 Å². The van der Waals surface area contributed by atoms with Crippen molar-refractivity contribution in [3.63, 3.8) is 0 Å². The zero-order valence-electron chi connectivity index (χ0n) is 78.0. The average molecular weight is 1830 g/mol. The molecule has 0 amide bonds. The summed E-state index contributed by atoms with van der Waals surface area (Å²) in [6.07, 6.45) is 7.39. The maximum Gasteiger partial charge on any atom is 0.135 e. The van der Waals surface area contributed by atoms with Crippen LogP contribution >= 0.6 is 0 Å². The zero-order chi connectivity index (χ0) is 94.5. The SMILES string of the molecule is c1ccc(-c2cc(-c3ccc4c(c3)-c3cc(-c5ccnc(-c6ccccn6)c5)ccc3C43c4ccccc4-c4ccccc43)ccn2)nc1.c1ccc(-n2c3ccccc3c3cc(-c4ccc5c(c4)-c4ccccc4C54c5ccccc5-c5ccccc54)ccc32)cc1.c1ccc2c(c1)-c1ccccc1C21c2ccc(-c3ccc4oc5ccccc5c4c3)cc2-c2cc(-c3ccc4oc5ccccc5c4c3)ccc21. The van der Waals surface area contributed by atoms with E-state index in [0.29, 0.717) is 0 Å². The first-order chi connectivity index (χ1) is 71.4. The van der Waals surface area contributed by atoms with Gasteiger partial charge in [0, 0.05) is 62.8 Å². The average Bonchev–Trinajstić information content (AvgIpc) is 1.51. The number of nitrogens with zero attached hydrogens (tertiary/aromatic N) is 5. The Balaban J connectivity index is 0.000000101. The van der Waals surface area contributed by atoms with Crippen LogP contribution in [-0.2, 0) is 16.2 Å². The standard InChI is InChI=1S/C49H28O2.C45H28N4.C43H27N/c1-5-13-41-33(9-1)34-10-2-6-14-42(34)49(41)43-21-17-29(31-19-23-47-39(27-31)35-11-3-7-15-45(35)50-47)25-37(43)38-26-30(18-22-44(38)49)32-20-24-48-40(28-32)36-12-4-8-16-46(36)51-48;1-3-11-37-33(9-1)34-10-2-4-12-38(34)45(37)39-17-15-29(31-19-23-48-43(27-31)41-13-5-7-21-46-41)25-35(39)36-26-30(16-18-40(36)45)32-20-24-49-44(28-32)42-14-6-8-22-47-42;1-2-12-30(13-3-1)44-41-21-11-7-17-34(41)36-27-29(23-25-42(36)44)28-22-24-40-35(26-28)33-16-6-10-20-39(33)43(40)37-18-8-4-14-31(37)32-15-5-9-19-38(32)43/h1-28H;1-28H;1-27H. The fraction of sp³-hybridized carbons (Fsp3) is 0.0219. The third kappa shape index (κ3) is 11.8. The number of rotatable bonds is 8. The molecule has 0 N–H and O–H groups in total. The molecule has 668 valence electrons. The van der Waals surface area contributed by atoms with Crippen molar-refractivity contribution in [1.29, 1.82) is 0 Å². The fourth-order valence-corrected chi connectivity index (χ4v) is 25.6. The van der Waals surface area contributed by atoms with Gasteiger partial charge in [0.05, 0.1) is 50.1 Å². The van der Waals surface area contributed by atoms with Gasteiger partial charge in [-0.05, 0) is 335 Å². The second kappa shape index (κ2) is 31.6. The van der Waals surface area contributed by atoms with Crippen LogP contribution < -0.4 is 0 Å². The van der Waals surface area contributed by atoms with Crippen molar-refractivity contribution in [2.75, 3.05) is 0 Å². The smallest absolute Gasteiger partial charge is 0.135 e. The summed E-state index contributed by atoms with van der Waals surface area (Å²) in [5.74, 6) is 0. The van der Waals surface area contributed by atoms with Crippen LogP contribution in [0.5, 0.6) is 0 Å². The largest absolute Gasteiger partial charge is 0.456 e. The minimum Gasteiger partial charge on any atom is -0.456 e. The van der Waals surface area contributed by atoms with Gasteiger partial charge < -0.3 is 13.4 Å². The van der Waals surface area contributed by atoms with E-state index < -0.39 is 10.8 Å². The van der Waals surface area contributed by atoms with Crippen molar-refractivity contribution >= 4 is 65.7 Å². The molecule has 0 atom stereocenters. The van der Waals surface area contributed by atoms with Gasteiger partial charge in [-0.1, -0.05) is 334 Å². The van der Waals surface area contributed by atoms with Gasteiger partial charge in [-0.2, -0.15) is 0 Å². The molecule has 0 unspecified atom stereocenters. The van der Waals surface area contributed by atoms with E-state index in [-0.39, 0.29) is 5.41 Å². The van der Waals surface area contributed by atoms with Crippen LogP contribution in [0.15, 0.2) is 513 Å². The Bertz CT molecular complexity index is 9450. The van der Waals surface area contributed by atoms with Crippen LogP contribution in [0.4, 0.5) is 0 Å². The summed E-state index contributed by atoms with van der Waals surface area (Å²) >= 11 is 0. The van der Waals surface area contributed by atoms with E-state index in [9.17, 15) is 0 Å². The Kier molecular flexibility index (Phi) is 17.8. The van der Waals surface area contributed by atoms with Crippen LogP contribution in [0, 0.1) is 0 Å². The lowest BCUT2D eigenvalue weighted by molar-refractivity contribution is 0.668. The van der Waals surface area contributed by atoms with Crippen molar-refractivity contribution < 1.29 is 8.83 Å². The number of aromatic nitrogens is 5. The molecule has 32 rings (SSSR count). The normalized spacial score (nSPS) is 13.4. The first-order valence-electron chi connectivity index (χ1n) is 49.5. The van der Waals surface area contributed by atoms with Crippen molar-refractivity contribution in [3.05, 3.63) is 571 Å². The third-order valence-corrected chi connectivity index (χ3v) is 31.7. The highest BCUT2D eigenvalue weighted by Crippen LogP contribution is 2.68. The van der Waals surface area contributed by atoms with Gasteiger partial charge in [0.15, 0.2) is 0 Å². The van der Waals surface area contributed by atoms with Crippen molar-refractivity contribution in [3.8, 4) is 151 Å². The van der Waals surface area contributed by atoms with Gasteiger partial charge in [-0.3, -0.25) is 19.9 Å². The minimum absolute atomic E-state index is 0.301. The lowest BCUT2D eigenvalue weighted by Crippen LogP contribution is -2.25. The summed E-state index contributed by atoms with van der Waals surface area (Å²) in [6, 6.07) is 175. The Morgan fingerprint density at radius 1 is 0.153 bits per heavy atom. The predicted molar refractivity (Wildman–Crippen MR) is 586 cm³/mol. The molecule has 3 spiro atoms. The maximum absolute atomic E-state index is 6.19. The van der Waals surface area contributed by atoms with E-state index in [4.69, 9.17) is 8.83 Å². The summed E-state index contributed by atoms with van der Waals surface area (Å²) in [4.78, 5) is 18.4. The van der Waals surface area contributed by atoms with Crippen LogP contribution in [0.2, 0.25) is 0 Å². The lowest BCUT2D eigenvalue weighted by atomic mass is 9.70. The summed E-state index contributed by atoms with van der Waals surface area (Å²) < 4.78 is 14.8. The highest BCUT2D eigenvalue weighted by Gasteiger charge is 2.55. The molecule has 0 bridgehead atoms. The molecular weight excluding hydrogens is 1750 g/mol. The number of hydrogen-bond acceptors (Lipinski definition) is 6. The van der Waals surface area contributed by atoms with Crippen LogP contribution in [0.3, 0.4) is 0 Å². The summed E-state index contributed by atoms with van der Waals surface area (Å²) in [5.41, 5.74) is 53.2. The van der Waals surface area contributed by atoms with Crippen LogP contribution in [0.1, 0.15) is 66.8 Å². The van der Waals surface area contributed by atoms with Gasteiger partial charge >= 0.3 is 0 Å². The summed E-state index contributed by atoms with van der Waals surface area (Å²) in [6.45, 7) is 0. The highest BCUT2D eigenvalue weighted by molar-refractivity contribution is 6.13. The Morgan fingerprint density at radius 2 is 0.410 bits per heavy atom. The van der Waals surface area contributed by atoms with Gasteiger partial charge in [0.2, 0.25) is 0 Å². The van der Waals surface area contributed by atoms with E-state index in [1.54, 1.807) is 0 Å². The van der Waals surface area contributed by atoms with E-state index >= 15 is 0 Å². The van der Waals surface area contributed by atoms with E-state index in [1.165, 1.54) is 194 Å². The monoisotopic (exact) mass is 1830 g/mol. The Hall–Kier alpha value is -18.8. The second-order valence-electron chi connectivity index (χ2n) is 38.7. The number of hydrogen-bond donors (Lipinski definition) is 0. The Labute approximate surface area is 831 Å². The molecule has 19 aromatic carbocycles. The topological polar surface area (TPSA) is 82.8 Å². The minimum atomic E-state index is -0.413. The number of benzene rings is 19. The van der Waals surface area contributed by atoms with Crippen molar-refractivity contribution in [2.24, 2.45) is 0 Å². The fourth-order valence-electron chi connectivity index (χ4n) is 25.6. The van der Waals surface area contributed by atoms with Crippen LogP contribution in [-0.4, -0.2) is 24.5 Å². The molecule has 0 radical (unpaired) electrons. The molecule has 0 saturated carbocycles. The third-order valence-electron chi connectivity index (χ3n) is 31.7. The van der Waals surface area contributed by atoms with E-state index in [1.807, 2.05) is 85.5 Å². The first kappa shape index (κ1) is 81.2. The molecule has 26 aromatic rings. The highest BCUT2D eigenvalue weighted by atomic mass is 16.3. The summed E-state index contributed by atoms with van der Waals surface area (Å²) in [5, 5.41) is 7.12. The van der Waals surface area contributed by atoms with Gasteiger partial charge in [0.1, 0.15) is 22.3 Å². The molecule has 144 heavy (non-hydrogen) atoms. The molecule has 7 heterocycles. The summed E-state index contributed by atoms with van der Waals surface area (Å²) in [7, 11) is 0. The number of fused-ring (bicyclic) bond motifs is 39.